The quantitative estimate of drug-likeness (QED) is 0.643. The lowest BCUT2D eigenvalue weighted by atomic mass is 10.0. The lowest BCUT2D eigenvalue weighted by Gasteiger charge is -2.37. The Kier molecular flexibility index (Phi) is 7.67. The lowest BCUT2D eigenvalue weighted by Crippen LogP contribution is -2.49. The minimum absolute atomic E-state index is 0.0965. The van der Waals surface area contributed by atoms with Gasteiger partial charge in [0, 0.05) is 49.6 Å². The minimum Gasteiger partial charge on any atom is -0.487 e. The fourth-order valence-electron chi connectivity index (χ4n) is 4.67. The fraction of sp³-hybridized carbons (Fsp3) is 0.520. The van der Waals surface area contributed by atoms with Crippen molar-refractivity contribution >= 4 is 15.6 Å². The average Bonchev–Trinajstić information content (AvgIpc) is 3.36. The number of fused-ring (bicyclic) bond motifs is 1. The van der Waals surface area contributed by atoms with Crippen molar-refractivity contribution in [1.29, 1.82) is 0 Å². The highest BCUT2D eigenvalue weighted by molar-refractivity contribution is 7.89. The molecule has 1 aliphatic heterocycles. The Balaban J connectivity index is 1.69. The van der Waals surface area contributed by atoms with Gasteiger partial charge in [-0.3, -0.25) is 4.90 Å². The van der Waals surface area contributed by atoms with Crippen molar-refractivity contribution in [3.8, 4) is 5.75 Å². The number of aliphatic hydroxyl groups is 1. The number of sulfonamides is 1. The summed E-state index contributed by atoms with van der Waals surface area (Å²) in [4.78, 5) is 10.5. The first kappa shape index (κ1) is 24.8. The maximum absolute atomic E-state index is 13.6. The molecular weight excluding hydrogens is 452 g/mol. The lowest BCUT2D eigenvalue weighted by molar-refractivity contribution is 0.0733. The zero-order chi connectivity index (χ0) is 24.3. The number of allylic oxidation sites excluding steroid dienone is 2. The van der Waals surface area contributed by atoms with Gasteiger partial charge in [0.1, 0.15) is 23.1 Å². The van der Waals surface area contributed by atoms with Crippen LogP contribution in [0.2, 0.25) is 0 Å². The summed E-state index contributed by atoms with van der Waals surface area (Å²) in [7, 11) is -1.82. The van der Waals surface area contributed by atoms with Gasteiger partial charge < -0.3 is 9.84 Å². The van der Waals surface area contributed by atoms with Crippen molar-refractivity contribution in [3.63, 3.8) is 0 Å². The molecule has 0 spiro atoms. The third kappa shape index (κ3) is 5.33. The number of rotatable bonds is 7. The highest BCUT2D eigenvalue weighted by Gasteiger charge is 2.38. The van der Waals surface area contributed by atoms with Crippen LogP contribution in [0.15, 0.2) is 47.9 Å². The molecule has 184 valence electrons. The van der Waals surface area contributed by atoms with Gasteiger partial charge in [0.2, 0.25) is 10.0 Å². The van der Waals surface area contributed by atoms with Crippen LogP contribution in [0.1, 0.15) is 44.2 Å². The van der Waals surface area contributed by atoms with Crippen LogP contribution in [0.4, 0.5) is 0 Å². The van der Waals surface area contributed by atoms with Gasteiger partial charge in [-0.15, -0.1) is 0 Å². The second-order valence-electron chi connectivity index (χ2n) is 9.47. The summed E-state index contributed by atoms with van der Waals surface area (Å²) in [6.45, 7) is 5.02. The molecule has 0 amide bonds. The average molecular weight is 487 g/mol. The summed E-state index contributed by atoms with van der Waals surface area (Å²) in [5, 5.41) is 9.81. The molecule has 4 rings (SSSR count). The van der Waals surface area contributed by atoms with Crippen LogP contribution in [-0.4, -0.2) is 71.6 Å². The van der Waals surface area contributed by atoms with E-state index in [0.717, 1.165) is 30.4 Å². The first-order valence-electron chi connectivity index (χ1n) is 11.8. The number of aliphatic hydroxyl groups excluding tert-OH is 1. The molecule has 8 nitrogen and oxygen atoms in total. The highest BCUT2D eigenvalue weighted by Crippen LogP contribution is 2.37. The van der Waals surface area contributed by atoms with E-state index >= 15 is 0 Å². The Morgan fingerprint density at radius 2 is 2.06 bits per heavy atom. The number of hydrogen-bond donors (Lipinski definition) is 1. The van der Waals surface area contributed by atoms with E-state index in [1.54, 1.807) is 25.4 Å². The van der Waals surface area contributed by atoms with Crippen LogP contribution in [0.25, 0.3) is 5.57 Å². The Hall–Kier alpha value is -2.33. The topological polar surface area (TPSA) is 95.9 Å². The summed E-state index contributed by atoms with van der Waals surface area (Å²) in [5.74, 6) is 0.286. The maximum Gasteiger partial charge on any atom is 0.247 e. The molecule has 0 unspecified atom stereocenters. The minimum atomic E-state index is -3.83. The van der Waals surface area contributed by atoms with E-state index in [4.69, 9.17) is 4.74 Å². The Morgan fingerprint density at radius 3 is 2.74 bits per heavy atom. The van der Waals surface area contributed by atoms with Crippen molar-refractivity contribution in [2.45, 2.75) is 56.7 Å². The third-order valence-corrected chi connectivity index (χ3v) is 8.66. The first-order valence-corrected chi connectivity index (χ1v) is 13.3. The number of aromatic nitrogens is 2. The van der Waals surface area contributed by atoms with Crippen LogP contribution in [-0.2, 0) is 16.6 Å². The van der Waals surface area contributed by atoms with E-state index in [0.29, 0.717) is 18.8 Å². The molecule has 1 N–H and O–H groups in total. The Bertz CT molecular complexity index is 1120. The summed E-state index contributed by atoms with van der Waals surface area (Å²) in [5.41, 5.74) is 3.24. The van der Waals surface area contributed by atoms with Gasteiger partial charge >= 0.3 is 0 Å². The maximum atomic E-state index is 13.6. The number of hydrogen-bond acceptors (Lipinski definition) is 7. The third-order valence-electron chi connectivity index (χ3n) is 6.64. The Morgan fingerprint density at radius 1 is 1.29 bits per heavy atom. The van der Waals surface area contributed by atoms with Gasteiger partial charge in [-0.1, -0.05) is 19.1 Å². The van der Waals surface area contributed by atoms with Gasteiger partial charge in [0.25, 0.3) is 0 Å². The molecule has 34 heavy (non-hydrogen) atoms. The van der Waals surface area contributed by atoms with Crippen LogP contribution in [0.5, 0.6) is 5.75 Å². The van der Waals surface area contributed by atoms with Gasteiger partial charge in [0.15, 0.2) is 0 Å². The van der Waals surface area contributed by atoms with E-state index in [1.165, 1.54) is 16.2 Å². The molecule has 0 saturated heterocycles. The fourth-order valence-corrected chi connectivity index (χ4v) is 6.50. The Labute approximate surface area is 202 Å². The van der Waals surface area contributed by atoms with Gasteiger partial charge in [-0.05, 0) is 56.5 Å². The summed E-state index contributed by atoms with van der Waals surface area (Å²) < 4.78 is 35.2. The summed E-state index contributed by atoms with van der Waals surface area (Å²) >= 11 is 0. The van der Waals surface area contributed by atoms with Crippen LogP contribution in [0.3, 0.4) is 0 Å². The molecular formula is C25H34N4O4S. The molecule has 2 aromatic rings. The smallest absolute Gasteiger partial charge is 0.247 e. The molecule has 1 aliphatic carbocycles. The number of likely N-dealkylation sites (N-methyl/N-ethyl adjacent to an activating group) is 1. The second kappa shape index (κ2) is 10.5. The predicted molar refractivity (Wildman–Crippen MR) is 131 cm³/mol. The van der Waals surface area contributed by atoms with Gasteiger partial charge in [0.05, 0.1) is 6.61 Å². The number of benzene rings is 1. The number of nitrogens with zero attached hydrogens (tertiary/aromatic N) is 4. The van der Waals surface area contributed by atoms with E-state index in [2.05, 4.69) is 20.9 Å². The van der Waals surface area contributed by atoms with Crippen LogP contribution >= 0.6 is 0 Å². The molecule has 1 aromatic heterocycles. The predicted octanol–water partition coefficient (Wildman–Crippen LogP) is 2.94. The molecule has 9 heteroatoms. The van der Waals surface area contributed by atoms with E-state index in [-0.39, 0.29) is 30.1 Å². The van der Waals surface area contributed by atoms with Crippen molar-refractivity contribution in [2.75, 3.05) is 26.7 Å². The first-order chi connectivity index (χ1) is 16.3. The van der Waals surface area contributed by atoms with Crippen LogP contribution < -0.4 is 4.74 Å². The zero-order valence-electron chi connectivity index (χ0n) is 20.1. The molecule has 0 saturated carbocycles. The van der Waals surface area contributed by atoms with Crippen molar-refractivity contribution in [1.82, 2.24) is 19.2 Å². The van der Waals surface area contributed by atoms with Crippen LogP contribution in [0, 0.1) is 5.92 Å². The monoisotopic (exact) mass is 486 g/mol. The largest absolute Gasteiger partial charge is 0.487 e. The molecule has 0 radical (unpaired) electrons. The normalized spacial score (nSPS) is 23.5. The summed E-state index contributed by atoms with van der Waals surface area (Å²) in [6, 6.07) is 4.88. The zero-order valence-corrected chi connectivity index (χ0v) is 20.9. The molecule has 2 aliphatic rings. The summed E-state index contributed by atoms with van der Waals surface area (Å²) in [6.07, 6.45) is 10.2. The van der Waals surface area contributed by atoms with Crippen molar-refractivity contribution in [3.05, 3.63) is 54.1 Å². The van der Waals surface area contributed by atoms with Gasteiger partial charge in [-0.2, -0.15) is 4.31 Å². The molecule has 3 atom stereocenters. The van der Waals surface area contributed by atoms with Crippen molar-refractivity contribution < 1.29 is 18.3 Å². The molecule has 0 fully saturated rings. The second-order valence-corrected chi connectivity index (χ2v) is 11.3. The molecule has 2 heterocycles. The SMILES string of the molecule is C[C@H]1CN([C@@H](C)CO)S(=O)(=O)c2ccc(C3=CCCC3)cc2O[C@@H]1CN(C)Cc1cncnc1. The van der Waals surface area contributed by atoms with E-state index in [1.807, 2.05) is 26.1 Å². The standard InChI is InChI=1S/C25H34N4O4S/c1-18-13-29(19(2)16-30)34(31,32)25-9-8-22(21-6-4-5-7-21)10-23(25)33-24(18)15-28(3)14-20-11-26-17-27-12-20/h6,8-12,17-19,24,30H,4-5,7,13-16H2,1-3H3/t18-,19-,24+/m0/s1. The molecule has 0 bridgehead atoms. The van der Waals surface area contributed by atoms with Gasteiger partial charge in [-0.25, -0.2) is 18.4 Å². The molecule has 1 aromatic carbocycles. The van der Waals surface area contributed by atoms with E-state index < -0.39 is 16.1 Å². The van der Waals surface area contributed by atoms with Crippen molar-refractivity contribution in [2.24, 2.45) is 5.92 Å². The van der Waals surface area contributed by atoms with E-state index in [9.17, 15) is 13.5 Å². The number of ether oxygens (including phenoxy) is 1. The highest BCUT2D eigenvalue weighted by atomic mass is 32.2.